The van der Waals surface area contributed by atoms with E-state index < -0.39 is 20.0 Å². The van der Waals surface area contributed by atoms with Crippen molar-refractivity contribution in [3.63, 3.8) is 0 Å². The molecule has 3 unspecified atom stereocenters. The van der Waals surface area contributed by atoms with Gasteiger partial charge in [0.15, 0.2) is 0 Å². The number of allylic oxidation sites excluding steroid dienone is 3. The largest absolute Gasteiger partial charge is 0.472 e. The summed E-state index contributed by atoms with van der Waals surface area (Å²) in [4.78, 5) is 23.4. The fourth-order valence-electron chi connectivity index (χ4n) is 10.2. The van der Waals surface area contributed by atoms with Crippen LogP contribution >= 0.6 is 7.82 Å². The predicted molar refractivity (Wildman–Crippen MR) is 328 cm³/mol. The minimum atomic E-state index is -4.36. The van der Waals surface area contributed by atoms with Crippen LogP contribution in [0.2, 0.25) is 0 Å². The molecule has 0 aliphatic rings. The van der Waals surface area contributed by atoms with Crippen molar-refractivity contribution >= 4 is 13.7 Å². The number of amides is 1. The fourth-order valence-corrected chi connectivity index (χ4v) is 11.0. The predicted octanol–water partition coefficient (Wildman–Crippen LogP) is 20.7. The average molecular weight is 1080 g/mol. The number of likely N-dealkylation sites (N-methyl/N-ethyl adjacent to an activating group) is 1. The van der Waals surface area contributed by atoms with Crippen molar-refractivity contribution in [3.05, 3.63) is 24.3 Å². The summed E-state index contributed by atoms with van der Waals surface area (Å²) in [6.07, 6.45) is 74.6. The van der Waals surface area contributed by atoms with E-state index in [1.165, 1.54) is 283 Å². The Hall–Kier alpha value is -1.02. The molecule has 9 heteroatoms. The summed E-state index contributed by atoms with van der Waals surface area (Å²) in [5.41, 5.74) is 0. The van der Waals surface area contributed by atoms with E-state index in [9.17, 15) is 19.4 Å². The molecule has 0 rings (SSSR count). The average Bonchev–Trinajstić information content (AvgIpc) is 3.37. The number of nitrogens with zero attached hydrogens (tertiary/aromatic N) is 1. The standard InChI is InChI=1S/C66H131N2O6P/c1-6-8-10-12-14-16-18-20-22-24-26-28-30-31-32-33-34-35-36-38-39-41-43-45-47-49-51-53-55-57-59-65(69)64(63-74-75(71,72)73-62-61-68(3,4)5)67-66(70)60-58-56-54-52-50-48-46-44-42-40-37-29-27-25-23-21-19-17-15-13-11-9-7-2/h49,51,57,59,64-65,69H,6-48,50,52-56,58,60-63H2,1-5H3,(H-,67,70,71,72)/p+1/b51-49+,59-57+. The number of hydrogen-bond donors (Lipinski definition) is 3. The molecule has 0 aromatic carbocycles. The monoisotopic (exact) mass is 1080 g/mol. The maximum Gasteiger partial charge on any atom is 0.472 e. The van der Waals surface area contributed by atoms with Gasteiger partial charge in [0.25, 0.3) is 0 Å². The maximum absolute atomic E-state index is 13.0. The topological polar surface area (TPSA) is 105 Å². The van der Waals surface area contributed by atoms with Gasteiger partial charge in [-0.1, -0.05) is 327 Å². The van der Waals surface area contributed by atoms with Gasteiger partial charge in [-0.15, -0.1) is 0 Å². The van der Waals surface area contributed by atoms with Gasteiger partial charge in [-0.05, 0) is 32.1 Å². The van der Waals surface area contributed by atoms with Gasteiger partial charge in [0.2, 0.25) is 5.91 Å². The SMILES string of the molecule is CCCCCCCCCCCCCCCCCCCCCCCCCC/C=C/CC/C=C/C(O)C(COP(=O)(O)OCC[N+](C)(C)C)NC(=O)CCCCCCCCCCCCCCCCCCCCCCCCC. The fraction of sp³-hybridized carbons (Fsp3) is 0.924. The van der Waals surface area contributed by atoms with E-state index >= 15 is 0 Å². The first-order chi connectivity index (χ1) is 36.5. The first-order valence-corrected chi connectivity index (χ1v) is 34.7. The van der Waals surface area contributed by atoms with E-state index in [0.29, 0.717) is 17.4 Å². The van der Waals surface area contributed by atoms with Gasteiger partial charge in [0.1, 0.15) is 13.2 Å². The molecular weight excluding hydrogens is 948 g/mol. The first kappa shape index (κ1) is 74.0. The lowest BCUT2D eigenvalue weighted by atomic mass is 10.0. The number of aliphatic hydroxyl groups excluding tert-OH is 1. The first-order valence-electron chi connectivity index (χ1n) is 33.2. The molecule has 8 nitrogen and oxygen atoms in total. The minimum Gasteiger partial charge on any atom is -0.387 e. The van der Waals surface area contributed by atoms with E-state index in [-0.39, 0.29) is 19.1 Å². The number of quaternary nitrogens is 1. The summed E-state index contributed by atoms with van der Waals surface area (Å²) < 4.78 is 23.8. The van der Waals surface area contributed by atoms with Crippen LogP contribution in [0.4, 0.5) is 0 Å². The van der Waals surface area contributed by atoms with Crippen LogP contribution < -0.4 is 5.32 Å². The number of phosphoric acid groups is 1. The third-order valence-electron chi connectivity index (χ3n) is 15.4. The Labute approximate surface area is 468 Å². The molecular formula is C66H132N2O6P+. The van der Waals surface area contributed by atoms with Gasteiger partial charge in [-0.25, -0.2) is 4.57 Å². The van der Waals surface area contributed by atoms with Gasteiger partial charge in [-0.3, -0.25) is 13.8 Å². The molecule has 3 atom stereocenters. The smallest absolute Gasteiger partial charge is 0.387 e. The molecule has 1 amide bonds. The molecule has 75 heavy (non-hydrogen) atoms. The lowest BCUT2D eigenvalue weighted by molar-refractivity contribution is -0.870. The molecule has 0 aromatic rings. The summed E-state index contributed by atoms with van der Waals surface area (Å²) in [6.45, 7) is 4.86. The Balaban J connectivity index is 4.11. The van der Waals surface area contributed by atoms with Crippen LogP contribution in [0.5, 0.6) is 0 Å². The van der Waals surface area contributed by atoms with Crippen LogP contribution in [0, 0.1) is 0 Å². The maximum atomic E-state index is 13.0. The molecule has 0 radical (unpaired) electrons. The van der Waals surface area contributed by atoms with Crippen molar-refractivity contribution in [2.45, 2.75) is 353 Å². The summed E-state index contributed by atoms with van der Waals surface area (Å²) >= 11 is 0. The quantitative estimate of drug-likeness (QED) is 0.0243. The van der Waals surface area contributed by atoms with Crippen LogP contribution in [0.1, 0.15) is 341 Å². The van der Waals surface area contributed by atoms with E-state index in [4.69, 9.17) is 9.05 Å². The Morgan fingerprint density at radius 1 is 0.440 bits per heavy atom. The van der Waals surface area contributed by atoms with Crippen molar-refractivity contribution in [3.8, 4) is 0 Å². The van der Waals surface area contributed by atoms with E-state index in [0.717, 1.165) is 38.5 Å². The minimum absolute atomic E-state index is 0.0590. The van der Waals surface area contributed by atoms with Crippen molar-refractivity contribution in [1.82, 2.24) is 5.32 Å². The number of carbonyl (C=O) groups is 1. The number of rotatable bonds is 62. The van der Waals surface area contributed by atoms with Crippen LogP contribution in [0.3, 0.4) is 0 Å². The van der Waals surface area contributed by atoms with Crippen molar-refractivity contribution in [1.29, 1.82) is 0 Å². The second-order valence-electron chi connectivity index (χ2n) is 24.2. The normalized spacial score (nSPS) is 13.9. The molecule has 0 spiro atoms. The zero-order valence-electron chi connectivity index (χ0n) is 51.1. The highest BCUT2D eigenvalue weighted by atomic mass is 31.2. The van der Waals surface area contributed by atoms with Crippen molar-refractivity contribution < 1.29 is 32.9 Å². The van der Waals surface area contributed by atoms with Crippen molar-refractivity contribution in [2.24, 2.45) is 0 Å². The molecule has 0 saturated heterocycles. The molecule has 446 valence electrons. The third-order valence-corrected chi connectivity index (χ3v) is 16.4. The van der Waals surface area contributed by atoms with Crippen LogP contribution in [0.15, 0.2) is 24.3 Å². The lowest BCUT2D eigenvalue weighted by Gasteiger charge is -2.25. The molecule has 0 saturated carbocycles. The highest BCUT2D eigenvalue weighted by Gasteiger charge is 2.28. The van der Waals surface area contributed by atoms with E-state index in [2.05, 4.69) is 31.3 Å². The van der Waals surface area contributed by atoms with Gasteiger partial charge in [-0.2, -0.15) is 0 Å². The van der Waals surface area contributed by atoms with Crippen molar-refractivity contribution in [2.75, 3.05) is 40.9 Å². The Morgan fingerprint density at radius 2 is 0.733 bits per heavy atom. The molecule has 0 aliphatic heterocycles. The van der Waals surface area contributed by atoms with Gasteiger partial charge >= 0.3 is 7.82 Å². The number of unbranched alkanes of at least 4 members (excludes halogenated alkanes) is 47. The molecule has 0 fully saturated rings. The zero-order valence-corrected chi connectivity index (χ0v) is 52.0. The summed E-state index contributed by atoms with van der Waals surface area (Å²) in [5.74, 6) is -0.179. The van der Waals surface area contributed by atoms with Gasteiger partial charge < -0.3 is 19.8 Å². The van der Waals surface area contributed by atoms with E-state index in [1.54, 1.807) is 6.08 Å². The Morgan fingerprint density at radius 3 is 1.07 bits per heavy atom. The number of phosphoric ester groups is 1. The third kappa shape index (κ3) is 60.5. The Bertz CT molecular complexity index is 1270. The molecule has 0 aromatic heterocycles. The number of aliphatic hydroxyl groups is 1. The molecule has 0 bridgehead atoms. The molecule has 3 N–H and O–H groups in total. The molecule has 0 aliphatic carbocycles. The van der Waals surface area contributed by atoms with Gasteiger partial charge in [0.05, 0.1) is 39.9 Å². The summed E-state index contributed by atoms with van der Waals surface area (Å²) in [7, 11) is 1.57. The second-order valence-corrected chi connectivity index (χ2v) is 25.7. The second kappa shape index (κ2) is 57.7. The summed E-state index contributed by atoms with van der Waals surface area (Å²) in [6, 6.07) is -0.861. The van der Waals surface area contributed by atoms with Crippen LogP contribution in [-0.2, 0) is 18.4 Å². The summed E-state index contributed by atoms with van der Waals surface area (Å²) in [5, 5.41) is 14.0. The number of carbonyl (C=O) groups excluding carboxylic acids is 1. The number of nitrogens with one attached hydrogen (secondary N) is 1. The lowest BCUT2D eigenvalue weighted by Crippen LogP contribution is -2.45. The Kier molecular flexibility index (Phi) is 56.9. The highest BCUT2D eigenvalue weighted by molar-refractivity contribution is 7.47. The highest BCUT2D eigenvalue weighted by Crippen LogP contribution is 2.43. The van der Waals surface area contributed by atoms with Crippen LogP contribution in [-0.4, -0.2) is 73.4 Å². The zero-order chi connectivity index (χ0) is 54.9. The van der Waals surface area contributed by atoms with Crippen LogP contribution in [0.25, 0.3) is 0 Å². The van der Waals surface area contributed by atoms with E-state index in [1.807, 2.05) is 27.2 Å². The number of hydrogen-bond acceptors (Lipinski definition) is 5. The van der Waals surface area contributed by atoms with Gasteiger partial charge in [0, 0.05) is 6.42 Å². The molecule has 0 heterocycles.